The molecular formula is C14H16BrN3O2. The van der Waals surface area contributed by atoms with E-state index in [1.54, 1.807) is 13.1 Å². The van der Waals surface area contributed by atoms with Crippen LogP contribution >= 0.6 is 15.9 Å². The lowest BCUT2D eigenvalue weighted by atomic mass is 10.1. The van der Waals surface area contributed by atoms with Crippen LogP contribution < -0.4 is 10.6 Å². The van der Waals surface area contributed by atoms with Crippen molar-refractivity contribution in [3.63, 3.8) is 0 Å². The SMILES string of the molecule is CCc1cc(CNC(=O)c2cccc(Br)c2NC)on1. The molecule has 0 aliphatic carbocycles. The van der Waals surface area contributed by atoms with Gasteiger partial charge in [0.1, 0.15) is 0 Å². The van der Waals surface area contributed by atoms with Crippen LogP contribution in [0.15, 0.2) is 33.3 Å². The molecule has 0 bridgehead atoms. The smallest absolute Gasteiger partial charge is 0.253 e. The van der Waals surface area contributed by atoms with Crippen LogP contribution in [0.2, 0.25) is 0 Å². The molecule has 1 heterocycles. The summed E-state index contributed by atoms with van der Waals surface area (Å²) in [5, 5.41) is 9.72. The van der Waals surface area contributed by atoms with Crippen LogP contribution in [0.5, 0.6) is 0 Å². The van der Waals surface area contributed by atoms with Crippen molar-refractivity contribution >= 4 is 27.5 Å². The number of carbonyl (C=O) groups is 1. The van der Waals surface area contributed by atoms with Crippen LogP contribution in [0.25, 0.3) is 0 Å². The molecule has 2 N–H and O–H groups in total. The number of rotatable bonds is 5. The van der Waals surface area contributed by atoms with Gasteiger partial charge in [-0.25, -0.2) is 0 Å². The fourth-order valence-electron chi connectivity index (χ4n) is 1.84. The molecular weight excluding hydrogens is 322 g/mol. The zero-order valence-corrected chi connectivity index (χ0v) is 13.0. The Kier molecular flexibility index (Phi) is 4.79. The lowest BCUT2D eigenvalue weighted by molar-refractivity contribution is 0.0948. The number of anilines is 1. The second-order valence-electron chi connectivity index (χ2n) is 4.23. The van der Waals surface area contributed by atoms with E-state index >= 15 is 0 Å². The van der Waals surface area contributed by atoms with Gasteiger partial charge in [0, 0.05) is 17.6 Å². The summed E-state index contributed by atoms with van der Waals surface area (Å²) >= 11 is 3.41. The zero-order valence-electron chi connectivity index (χ0n) is 11.4. The Morgan fingerprint density at radius 3 is 2.90 bits per heavy atom. The monoisotopic (exact) mass is 337 g/mol. The van der Waals surface area contributed by atoms with E-state index in [2.05, 4.69) is 31.7 Å². The number of hydrogen-bond acceptors (Lipinski definition) is 4. The van der Waals surface area contributed by atoms with Crippen molar-refractivity contribution in [1.29, 1.82) is 0 Å². The number of aromatic nitrogens is 1. The van der Waals surface area contributed by atoms with Gasteiger partial charge < -0.3 is 15.2 Å². The van der Waals surface area contributed by atoms with Gasteiger partial charge in [-0.3, -0.25) is 4.79 Å². The quantitative estimate of drug-likeness (QED) is 0.880. The molecule has 0 unspecified atom stereocenters. The summed E-state index contributed by atoms with van der Waals surface area (Å²) in [5.74, 6) is 0.487. The number of benzene rings is 1. The maximum atomic E-state index is 12.2. The Bertz CT molecular complexity index is 610. The Balaban J connectivity index is 2.07. The first-order valence-electron chi connectivity index (χ1n) is 6.34. The number of nitrogens with one attached hydrogen (secondary N) is 2. The second-order valence-corrected chi connectivity index (χ2v) is 5.09. The van der Waals surface area contributed by atoms with Crippen LogP contribution in [0.1, 0.15) is 28.7 Å². The summed E-state index contributed by atoms with van der Waals surface area (Å²) in [7, 11) is 1.78. The summed E-state index contributed by atoms with van der Waals surface area (Å²) in [6.07, 6.45) is 0.812. The first-order valence-corrected chi connectivity index (χ1v) is 7.14. The molecule has 1 amide bonds. The molecule has 0 saturated heterocycles. The third-order valence-corrected chi connectivity index (χ3v) is 3.56. The zero-order chi connectivity index (χ0) is 14.5. The third-order valence-electron chi connectivity index (χ3n) is 2.90. The minimum Gasteiger partial charge on any atom is -0.387 e. The molecule has 0 aliphatic heterocycles. The van der Waals surface area contributed by atoms with E-state index in [0.717, 1.165) is 22.3 Å². The Morgan fingerprint density at radius 1 is 1.45 bits per heavy atom. The maximum absolute atomic E-state index is 12.2. The second kappa shape index (κ2) is 6.56. The van der Waals surface area contributed by atoms with E-state index in [0.29, 0.717) is 17.9 Å². The van der Waals surface area contributed by atoms with Crippen LogP contribution in [0.3, 0.4) is 0 Å². The highest BCUT2D eigenvalue weighted by atomic mass is 79.9. The Morgan fingerprint density at radius 2 is 2.25 bits per heavy atom. The first-order chi connectivity index (χ1) is 9.65. The normalized spacial score (nSPS) is 10.3. The number of halogens is 1. The number of amides is 1. The lowest BCUT2D eigenvalue weighted by Gasteiger charge is -2.10. The minimum absolute atomic E-state index is 0.162. The number of carbonyl (C=O) groups excluding carboxylic acids is 1. The Hall–Kier alpha value is -1.82. The number of nitrogens with zero attached hydrogens (tertiary/aromatic N) is 1. The van der Waals surface area contributed by atoms with E-state index in [4.69, 9.17) is 4.52 Å². The standard InChI is InChI=1S/C14H16BrN3O2/c1-3-9-7-10(20-18-9)8-17-14(19)11-5-4-6-12(15)13(11)16-2/h4-7,16H,3,8H2,1-2H3,(H,17,19). The van der Waals surface area contributed by atoms with E-state index in [9.17, 15) is 4.79 Å². The van der Waals surface area contributed by atoms with Gasteiger partial charge in [-0.2, -0.15) is 0 Å². The van der Waals surface area contributed by atoms with Gasteiger partial charge in [0.05, 0.1) is 23.5 Å². The number of aryl methyl sites for hydroxylation is 1. The number of hydrogen-bond donors (Lipinski definition) is 2. The van der Waals surface area contributed by atoms with Crippen LogP contribution in [0, 0.1) is 0 Å². The van der Waals surface area contributed by atoms with E-state index in [-0.39, 0.29) is 5.91 Å². The molecule has 6 heteroatoms. The van der Waals surface area contributed by atoms with Crippen molar-refractivity contribution in [2.24, 2.45) is 0 Å². The van der Waals surface area contributed by atoms with Gasteiger partial charge in [0.15, 0.2) is 5.76 Å². The maximum Gasteiger partial charge on any atom is 0.253 e. The summed E-state index contributed by atoms with van der Waals surface area (Å²) in [6, 6.07) is 7.32. The molecule has 2 rings (SSSR count). The predicted molar refractivity (Wildman–Crippen MR) is 80.7 cm³/mol. The van der Waals surface area contributed by atoms with Crippen molar-refractivity contribution in [1.82, 2.24) is 10.5 Å². The molecule has 0 spiro atoms. The molecule has 2 aromatic rings. The molecule has 1 aromatic heterocycles. The fourth-order valence-corrected chi connectivity index (χ4v) is 2.40. The molecule has 20 heavy (non-hydrogen) atoms. The molecule has 0 fully saturated rings. The van der Waals surface area contributed by atoms with E-state index in [1.165, 1.54) is 0 Å². The highest BCUT2D eigenvalue weighted by Gasteiger charge is 2.13. The van der Waals surface area contributed by atoms with Crippen LogP contribution in [-0.4, -0.2) is 18.1 Å². The fraction of sp³-hybridized carbons (Fsp3) is 0.286. The van der Waals surface area contributed by atoms with Gasteiger partial charge in [0.2, 0.25) is 0 Å². The summed E-state index contributed by atoms with van der Waals surface area (Å²) in [6.45, 7) is 2.32. The molecule has 0 saturated carbocycles. The van der Waals surface area contributed by atoms with E-state index < -0.39 is 0 Å². The first kappa shape index (κ1) is 14.6. The van der Waals surface area contributed by atoms with E-state index in [1.807, 2.05) is 25.1 Å². The van der Waals surface area contributed by atoms with Crippen molar-refractivity contribution in [2.45, 2.75) is 19.9 Å². The van der Waals surface area contributed by atoms with Crippen LogP contribution in [-0.2, 0) is 13.0 Å². The van der Waals surface area contributed by atoms with Crippen molar-refractivity contribution in [3.05, 3.63) is 45.8 Å². The predicted octanol–water partition coefficient (Wildman–Crippen LogP) is 2.97. The summed E-state index contributed by atoms with van der Waals surface area (Å²) in [5.41, 5.74) is 2.22. The molecule has 0 radical (unpaired) electrons. The molecule has 0 aliphatic rings. The highest BCUT2D eigenvalue weighted by Crippen LogP contribution is 2.25. The van der Waals surface area contributed by atoms with Gasteiger partial charge in [-0.1, -0.05) is 18.1 Å². The third kappa shape index (κ3) is 3.19. The minimum atomic E-state index is -0.162. The molecule has 5 nitrogen and oxygen atoms in total. The summed E-state index contributed by atoms with van der Waals surface area (Å²) in [4.78, 5) is 12.2. The Labute approximate surface area is 125 Å². The highest BCUT2D eigenvalue weighted by molar-refractivity contribution is 9.10. The largest absolute Gasteiger partial charge is 0.387 e. The molecule has 0 atom stereocenters. The van der Waals surface area contributed by atoms with Crippen molar-refractivity contribution in [2.75, 3.05) is 12.4 Å². The average Bonchev–Trinajstić information content (AvgIpc) is 2.92. The summed E-state index contributed by atoms with van der Waals surface area (Å²) < 4.78 is 5.98. The topological polar surface area (TPSA) is 67.2 Å². The van der Waals surface area contributed by atoms with Gasteiger partial charge in [0.25, 0.3) is 5.91 Å². The van der Waals surface area contributed by atoms with Crippen LogP contribution in [0.4, 0.5) is 5.69 Å². The molecule has 1 aromatic carbocycles. The van der Waals surface area contributed by atoms with Crippen molar-refractivity contribution < 1.29 is 9.32 Å². The van der Waals surface area contributed by atoms with Gasteiger partial charge >= 0.3 is 0 Å². The van der Waals surface area contributed by atoms with Gasteiger partial charge in [-0.05, 0) is 34.5 Å². The average molecular weight is 338 g/mol. The molecule has 106 valence electrons. The number of para-hydroxylation sites is 1. The van der Waals surface area contributed by atoms with Crippen molar-refractivity contribution in [3.8, 4) is 0 Å². The lowest BCUT2D eigenvalue weighted by Crippen LogP contribution is -2.23. The van der Waals surface area contributed by atoms with Gasteiger partial charge in [-0.15, -0.1) is 0 Å².